The largest absolute Gasteiger partial charge is 0.480 e. The van der Waals surface area contributed by atoms with Crippen molar-refractivity contribution in [1.82, 2.24) is 10.6 Å². The van der Waals surface area contributed by atoms with Crippen LogP contribution in [0, 0.1) is 0 Å². The van der Waals surface area contributed by atoms with E-state index >= 15 is 0 Å². The number of alkyl halides is 1. The molecule has 0 radical (unpaired) electrons. The Balaban J connectivity index is 3.89. The molecule has 0 saturated carbocycles. The zero-order valence-corrected chi connectivity index (χ0v) is 13.1. The molecular formula is C12H21BrN2O5. The van der Waals surface area contributed by atoms with Crippen LogP contribution in [0.25, 0.3) is 0 Å². The lowest BCUT2D eigenvalue weighted by atomic mass is 10.1. The third-order valence-electron chi connectivity index (χ3n) is 2.43. The normalized spacial score (nSPS) is 11.7. The second-order valence-corrected chi connectivity index (χ2v) is 4.64. The molecule has 2 amide bonds. The maximum Gasteiger partial charge on any atom is 0.326 e. The summed E-state index contributed by atoms with van der Waals surface area (Å²) in [6.07, 6.45) is 1.57. The fourth-order valence-corrected chi connectivity index (χ4v) is 1.63. The van der Waals surface area contributed by atoms with Crippen LogP contribution in [0.5, 0.6) is 0 Å². The molecule has 20 heavy (non-hydrogen) atoms. The summed E-state index contributed by atoms with van der Waals surface area (Å²) >= 11 is 3.02. The summed E-state index contributed by atoms with van der Waals surface area (Å²) in [5.41, 5.74) is 0. The summed E-state index contributed by atoms with van der Waals surface area (Å²) in [6.45, 7) is 2.51. The SMILES string of the molecule is CCOCC(=O)N[C@@H](CCCCNC(=O)CBr)C(=O)O. The van der Waals surface area contributed by atoms with E-state index in [9.17, 15) is 14.4 Å². The van der Waals surface area contributed by atoms with Crippen molar-refractivity contribution in [3.05, 3.63) is 0 Å². The van der Waals surface area contributed by atoms with Crippen molar-refractivity contribution < 1.29 is 24.2 Å². The molecule has 8 heteroatoms. The average molecular weight is 353 g/mol. The van der Waals surface area contributed by atoms with Crippen LogP contribution in [0.2, 0.25) is 0 Å². The van der Waals surface area contributed by atoms with Gasteiger partial charge in [0.15, 0.2) is 0 Å². The van der Waals surface area contributed by atoms with Gasteiger partial charge in [0.25, 0.3) is 0 Å². The highest BCUT2D eigenvalue weighted by Crippen LogP contribution is 2.01. The summed E-state index contributed by atoms with van der Waals surface area (Å²) in [7, 11) is 0. The van der Waals surface area contributed by atoms with Crippen molar-refractivity contribution in [1.29, 1.82) is 0 Å². The van der Waals surface area contributed by atoms with Gasteiger partial charge in [-0.25, -0.2) is 4.79 Å². The number of nitrogens with one attached hydrogen (secondary N) is 2. The Morgan fingerprint density at radius 3 is 2.50 bits per heavy atom. The Hall–Kier alpha value is -1.15. The molecule has 0 unspecified atom stereocenters. The number of halogens is 1. The van der Waals surface area contributed by atoms with Crippen LogP contribution >= 0.6 is 15.9 Å². The summed E-state index contributed by atoms with van der Waals surface area (Å²) in [6, 6.07) is -0.921. The van der Waals surface area contributed by atoms with E-state index < -0.39 is 17.9 Å². The molecule has 7 nitrogen and oxygen atoms in total. The van der Waals surface area contributed by atoms with Crippen LogP contribution in [0.4, 0.5) is 0 Å². The van der Waals surface area contributed by atoms with Crippen LogP contribution < -0.4 is 10.6 Å². The number of ether oxygens (including phenoxy) is 1. The van der Waals surface area contributed by atoms with Crippen LogP contribution in [0.1, 0.15) is 26.2 Å². The average Bonchev–Trinajstić information content (AvgIpc) is 2.42. The maximum absolute atomic E-state index is 11.4. The first-order chi connectivity index (χ1) is 9.51. The molecule has 0 aliphatic carbocycles. The first-order valence-electron chi connectivity index (χ1n) is 6.43. The lowest BCUT2D eigenvalue weighted by Gasteiger charge is -2.14. The first kappa shape index (κ1) is 18.9. The molecule has 0 spiro atoms. The van der Waals surface area contributed by atoms with E-state index in [0.29, 0.717) is 32.4 Å². The zero-order chi connectivity index (χ0) is 15.4. The van der Waals surface area contributed by atoms with Crippen molar-refractivity contribution in [3.63, 3.8) is 0 Å². The Morgan fingerprint density at radius 2 is 1.95 bits per heavy atom. The van der Waals surface area contributed by atoms with Crippen LogP contribution in [-0.4, -0.2) is 54.0 Å². The van der Waals surface area contributed by atoms with Crippen LogP contribution in [0.3, 0.4) is 0 Å². The molecule has 0 aromatic carbocycles. The minimum Gasteiger partial charge on any atom is -0.480 e. The number of carbonyl (C=O) groups is 3. The van der Waals surface area contributed by atoms with Gasteiger partial charge >= 0.3 is 5.97 Å². The molecule has 0 fully saturated rings. The lowest BCUT2D eigenvalue weighted by molar-refractivity contribution is -0.142. The molecule has 0 aliphatic heterocycles. The van der Waals surface area contributed by atoms with Gasteiger partial charge in [0.1, 0.15) is 12.6 Å². The van der Waals surface area contributed by atoms with Crippen molar-refractivity contribution in [2.45, 2.75) is 32.2 Å². The molecule has 0 aromatic rings. The van der Waals surface area contributed by atoms with E-state index in [1.165, 1.54) is 0 Å². The monoisotopic (exact) mass is 352 g/mol. The predicted molar refractivity (Wildman–Crippen MR) is 76.7 cm³/mol. The summed E-state index contributed by atoms with van der Waals surface area (Å²) in [4.78, 5) is 33.3. The minimum absolute atomic E-state index is 0.107. The first-order valence-corrected chi connectivity index (χ1v) is 7.56. The van der Waals surface area contributed by atoms with Gasteiger partial charge in [-0.05, 0) is 26.2 Å². The Kier molecular flexibility index (Phi) is 11.0. The summed E-state index contributed by atoms with van der Waals surface area (Å²) in [5, 5.41) is 14.3. The van der Waals surface area contributed by atoms with E-state index in [-0.39, 0.29) is 17.8 Å². The van der Waals surface area contributed by atoms with Gasteiger partial charge in [-0.1, -0.05) is 15.9 Å². The number of carbonyl (C=O) groups excluding carboxylic acids is 2. The summed E-state index contributed by atoms with van der Waals surface area (Å²) in [5.74, 6) is -1.61. The number of carboxylic acid groups (broad SMARTS) is 1. The number of carboxylic acids is 1. The van der Waals surface area contributed by atoms with Crippen molar-refractivity contribution in [2.75, 3.05) is 25.1 Å². The molecule has 0 bridgehead atoms. The Bertz CT molecular complexity index is 325. The van der Waals surface area contributed by atoms with Gasteiger partial charge in [-0.2, -0.15) is 0 Å². The third kappa shape index (κ3) is 9.74. The Labute approximate surface area is 126 Å². The van der Waals surface area contributed by atoms with Crippen LogP contribution in [0.15, 0.2) is 0 Å². The number of amides is 2. The molecule has 0 aromatic heterocycles. The smallest absolute Gasteiger partial charge is 0.326 e. The topological polar surface area (TPSA) is 105 Å². The highest BCUT2D eigenvalue weighted by molar-refractivity contribution is 9.09. The van der Waals surface area contributed by atoms with E-state index in [2.05, 4.69) is 26.6 Å². The third-order valence-corrected chi connectivity index (χ3v) is 2.94. The van der Waals surface area contributed by atoms with Crippen molar-refractivity contribution in [3.8, 4) is 0 Å². The number of hydrogen-bond acceptors (Lipinski definition) is 4. The molecule has 0 saturated heterocycles. The molecule has 1 atom stereocenters. The Morgan fingerprint density at radius 1 is 1.25 bits per heavy atom. The molecule has 0 rings (SSSR count). The molecule has 116 valence electrons. The second kappa shape index (κ2) is 11.7. The zero-order valence-electron chi connectivity index (χ0n) is 11.5. The van der Waals surface area contributed by atoms with Gasteiger partial charge in [0, 0.05) is 13.2 Å². The van der Waals surface area contributed by atoms with E-state index in [1.54, 1.807) is 6.92 Å². The van der Waals surface area contributed by atoms with Gasteiger partial charge in [-0.3, -0.25) is 9.59 Å². The molecule has 3 N–H and O–H groups in total. The fourth-order valence-electron chi connectivity index (χ4n) is 1.44. The predicted octanol–water partition coefficient (Wildman–Crippen LogP) is 0.274. The minimum atomic E-state index is -1.07. The van der Waals surface area contributed by atoms with Gasteiger partial charge in [0.2, 0.25) is 11.8 Å². The van der Waals surface area contributed by atoms with Gasteiger partial charge in [-0.15, -0.1) is 0 Å². The van der Waals surface area contributed by atoms with Crippen molar-refractivity contribution >= 4 is 33.7 Å². The molecule has 0 aliphatic rings. The molecule has 0 heterocycles. The van der Waals surface area contributed by atoms with Gasteiger partial charge < -0.3 is 20.5 Å². The highest BCUT2D eigenvalue weighted by atomic mass is 79.9. The van der Waals surface area contributed by atoms with E-state index in [4.69, 9.17) is 9.84 Å². The standard InChI is InChI=1S/C12H21BrN2O5/c1-2-20-8-11(17)15-9(12(18)19)5-3-4-6-14-10(16)7-13/h9H,2-8H2,1H3,(H,14,16)(H,15,17)(H,18,19)/t9-/m0/s1. The maximum atomic E-state index is 11.4. The van der Waals surface area contributed by atoms with Crippen LogP contribution in [-0.2, 0) is 19.1 Å². The number of unbranched alkanes of at least 4 members (excludes halogenated alkanes) is 1. The second-order valence-electron chi connectivity index (χ2n) is 4.07. The summed E-state index contributed by atoms with van der Waals surface area (Å²) < 4.78 is 4.90. The fraction of sp³-hybridized carbons (Fsp3) is 0.750. The lowest BCUT2D eigenvalue weighted by Crippen LogP contribution is -2.42. The number of aliphatic carboxylic acids is 1. The number of rotatable bonds is 11. The quantitative estimate of drug-likeness (QED) is 0.365. The van der Waals surface area contributed by atoms with E-state index in [0.717, 1.165) is 0 Å². The van der Waals surface area contributed by atoms with Crippen molar-refractivity contribution in [2.24, 2.45) is 0 Å². The highest BCUT2D eigenvalue weighted by Gasteiger charge is 2.19. The van der Waals surface area contributed by atoms with Gasteiger partial charge in [0.05, 0.1) is 5.33 Å². The number of hydrogen-bond donors (Lipinski definition) is 3. The molecular weight excluding hydrogens is 332 g/mol. The van der Waals surface area contributed by atoms with E-state index in [1.807, 2.05) is 0 Å².